The number of carbonyl (C=O) groups excluding carboxylic acids is 2. The Morgan fingerprint density at radius 1 is 1.30 bits per heavy atom. The third-order valence-electron chi connectivity index (χ3n) is 3.61. The molecule has 1 aromatic rings. The summed E-state index contributed by atoms with van der Waals surface area (Å²) in [6.45, 7) is 6.13. The first kappa shape index (κ1) is 14.3. The number of anilines is 1. The van der Waals surface area contributed by atoms with Crippen molar-refractivity contribution < 1.29 is 9.59 Å². The zero-order valence-corrected chi connectivity index (χ0v) is 12.1. The largest absolute Gasteiger partial charge is 0.305 e. The first-order valence-electron chi connectivity index (χ1n) is 6.74. The van der Waals surface area contributed by atoms with Gasteiger partial charge in [-0.1, -0.05) is 11.6 Å². The Bertz CT molecular complexity index is 611. The van der Waals surface area contributed by atoms with Crippen molar-refractivity contribution in [1.82, 2.24) is 0 Å². The molecule has 0 saturated heterocycles. The SMILES string of the molecule is Cc1ccc2c(c1)C(=O)C(=O)N2CCCC(C)(C)C#N. The minimum Gasteiger partial charge on any atom is -0.305 e. The van der Waals surface area contributed by atoms with E-state index in [1.807, 2.05) is 32.9 Å². The van der Waals surface area contributed by atoms with Crippen LogP contribution in [0.25, 0.3) is 0 Å². The first-order valence-corrected chi connectivity index (χ1v) is 6.74. The molecule has 0 radical (unpaired) electrons. The normalized spacial score (nSPS) is 14.4. The van der Waals surface area contributed by atoms with Crippen molar-refractivity contribution in [3.05, 3.63) is 29.3 Å². The van der Waals surface area contributed by atoms with Crippen LogP contribution in [0, 0.1) is 23.7 Å². The van der Waals surface area contributed by atoms with E-state index < -0.39 is 17.1 Å². The summed E-state index contributed by atoms with van der Waals surface area (Å²) in [6, 6.07) is 7.72. The van der Waals surface area contributed by atoms with E-state index in [-0.39, 0.29) is 0 Å². The van der Waals surface area contributed by atoms with E-state index >= 15 is 0 Å². The fourth-order valence-electron chi connectivity index (χ4n) is 2.37. The molecule has 104 valence electrons. The molecule has 0 aliphatic carbocycles. The maximum absolute atomic E-state index is 12.0. The highest BCUT2D eigenvalue weighted by atomic mass is 16.2. The molecule has 20 heavy (non-hydrogen) atoms. The monoisotopic (exact) mass is 270 g/mol. The Balaban J connectivity index is 2.13. The average molecular weight is 270 g/mol. The van der Waals surface area contributed by atoms with Crippen molar-refractivity contribution in [2.75, 3.05) is 11.4 Å². The summed E-state index contributed by atoms with van der Waals surface area (Å²) in [5, 5.41) is 8.98. The van der Waals surface area contributed by atoms with Gasteiger partial charge in [0.05, 0.1) is 22.7 Å². The molecular formula is C16H18N2O2. The van der Waals surface area contributed by atoms with Gasteiger partial charge in [-0.25, -0.2) is 0 Å². The number of carbonyl (C=O) groups is 2. The average Bonchev–Trinajstić information content (AvgIpc) is 2.63. The smallest absolute Gasteiger partial charge is 0.299 e. The van der Waals surface area contributed by atoms with Crippen LogP contribution in [0.5, 0.6) is 0 Å². The Kier molecular flexibility index (Phi) is 3.63. The number of rotatable bonds is 4. The fraction of sp³-hybridized carbons (Fsp3) is 0.438. The zero-order chi connectivity index (χ0) is 14.9. The van der Waals surface area contributed by atoms with Crippen LogP contribution < -0.4 is 4.90 Å². The van der Waals surface area contributed by atoms with Crippen molar-refractivity contribution in [3.8, 4) is 6.07 Å². The van der Waals surface area contributed by atoms with Gasteiger partial charge in [0.25, 0.3) is 11.7 Å². The van der Waals surface area contributed by atoms with Gasteiger partial charge < -0.3 is 4.90 Å². The number of Topliss-reactive ketones (excluding diaryl/α,β-unsaturated/α-hetero) is 1. The molecule has 0 spiro atoms. The molecule has 0 fully saturated rings. The molecule has 4 nitrogen and oxygen atoms in total. The number of fused-ring (bicyclic) bond motifs is 1. The van der Waals surface area contributed by atoms with Crippen molar-refractivity contribution in [2.24, 2.45) is 5.41 Å². The Morgan fingerprint density at radius 3 is 2.65 bits per heavy atom. The summed E-state index contributed by atoms with van der Waals surface area (Å²) in [7, 11) is 0. The third-order valence-corrected chi connectivity index (χ3v) is 3.61. The summed E-state index contributed by atoms with van der Waals surface area (Å²) in [4.78, 5) is 25.5. The second kappa shape index (κ2) is 5.09. The van der Waals surface area contributed by atoms with Gasteiger partial charge in [-0.3, -0.25) is 9.59 Å². The van der Waals surface area contributed by atoms with E-state index in [9.17, 15) is 9.59 Å². The van der Waals surface area contributed by atoms with E-state index in [2.05, 4.69) is 6.07 Å². The highest BCUT2D eigenvalue weighted by Crippen LogP contribution is 2.30. The molecule has 0 aromatic heterocycles. The van der Waals surface area contributed by atoms with Gasteiger partial charge in [-0.2, -0.15) is 5.26 Å². The van der Waals surface area contributed by atoms with E-state index in [0.717, 1.165) is 5.56 Å². The van der Waals surface area contributed by atoms with Crippen molar-refractivity contribution in [3.63, 3.8) is 0 Å². The maximum atomic E-state index is 12.0. The highest BCUT2D eigenvalue weighted by molar-refractivity contribution is 6.52. The summed E-state index contributed by atoms with van der Waals surface area (Å²) in [5.41, 5.74) is 1.76. The number of hydrogen-bond acceptors (Lipinski definition) is 3. The topological polar surface area (TPSA) is 61.2 Å². The number of amides is 1. The third kappa shape index (κ3) is 2.57. The molecule has 1 aromatic carbocycles. The van der Waals surface area contributed by atoms with E-state index in [1.165, 1.54) is 4.90 Å². The molecule has 0 unspecified atom stereocenters. The lowest BCUT2D eigenvalue weighted by Gasteiger charge is -2.19. The Morgan fingerprint density at radius 2 is 2.00 bits per heavy atom. The lowest BCUT2D eigenvalue weighted by molar-refractivity contribution is -0.114. The maximum Gasteiger partial charge on any atom is 0.299 e. The fourth-order valence-corrected chi connectivity index (χ4v) is 2.37. The van der Waals surface area contributed by atoms with Gasteiger partial charge in [-0.15, -0.1) is 0 Å². The van der Waals surface area contributed by atoms with Gasteiger partial charge in [0.2, 0.25) is 0 Å². The predicted molar refractivity (Wildman–Crippen MR) is 76.5 cm³/mol. The molecule has 1 aliphatic heterocycles. The van der Waals surface area contributed by atoms with Gasteiger partial charge in [-0.05, 0) is 45.7 Å². The van der Waals surface area contributed by atoms with Crippen LogP contribution in [0.1, 0.15) is 42.6 Å². The van der Waals surface area contributed by atoms with Crippen LogP contribution in [0.2, 0.25) is 0 Å². The summed E-state index contributed by atoms with van der Waals surface area (Å²) < 4.78 is 0. The minimum absolute atomic E-state index is 0.400. The lowest BCUT2D eigenvalue weighted by Crippen LogP contribution is -2.31. The van der Waals surface area contributed by atoms with Crippen molar-refractivity contribution in [2.45, 2.75) is 33.6 Å². The Labute approximate surface area is 119 Å². The van der Waals surface area contributed by atoms with Crippen LogP contribution in [-0.4, -0.2) is 18.2 Å². The van der Waals surface area contributed by atoms with Gasteiger partial charge in [0.1, 0.15) is 0 Å². The highest BCUT2D eigenvalue weighted by Gasteiger charge is 2.35. The number of benzene rings is 1. The molecule has 1 amide bonds. The number of nitrogens with zero attached hydrogens (tertiary/aromatic N) is 2. The number of ketones is 1. The van der Waals surface area contributed by atoms with Crippen molar-refractivity contribution >= 4 is 17.4 Å². The second-order valence-electron chi connectivity index (χ2n) is 5.91. The van der Waals surface area contributed by atoms with E-state index in [4.69, 9.17) is 5.26 Å². The van der Waals surface area contributed by atoms with Gasteiger partial charge in [0, 0.05) is 6.54 Å². The summed E-state index contributed by atoms with van der Waals surface area (Å²) >= 11 is 0. The van der Waals surface area contributed by atoms with Crippen LogP contribution in [0.15, 0.2) is 18.2 Å². The van der Waals surface area contributed by atoms with Crippen LogP contribution >= 0.6 is 0 Å². The van der Waals surface area contributed by atoms with Gasteiger partial charge >= 0.3 is 0 Å². The van der Waals surface area contributed by atoms with Crippen LogP contribution in [0.4, 0.5) is 5.69 Å². The zero-order valence-electron chi connectivity index (χ0n) is 12.1. The Hall–Kier alpha value is -2.15. The van der Waals surface area contributed by atoms with Crippen LogP contribution in [0.3, 0.4) is 0 Å². The van der Waals surface area contributed by atoms with E-state index in [0.29, 0.717) is 30.6 Å². The second-order valence-corrected chi connectivity index (χ2v) is 5.91. The molecule has 0 bridgehead atoms. The van der Waals surface area contributed by atoms with Crippen LogP contribution in [-0.2, 0) is 4.79 Å². The number of nitriles is 1. The summed E-state index contributed by atoms with van der Waals surface area (Å²) in [5.74, 6) is -0.886. The standard InChI is InChI=1S/C16H18N2O2/c1-11-5-6-13-12(9-11)14(19)15(20)18(13)8-4-7-16(2,3)10-17/h5-6,9H,4,7-8H2,1-3H3. The molecule has 0 saturated carbocycles. The minimum atomic E-state index is -0.458. The first-order chi connectivity index (χ1) is 9.35. The number of hydrogen-bond donors (Lipinski definition) is 0. The quantitative estimate of drug-likeness (QED) is 0.790. The predicted octanol–water partition coefficient (Wildman–Crippen LogP) is 2.85. The molecule has 0 N–H and O–H groups in total. The molecular weight excluding hydrogens is 252 g/mol. The molecule has 1 heterocycles. The summed E-state index contributed by atoms with van der Waals surface area (Å²) in [6.07, 6.45) is 1.40. The molecule has 0 atom stereocenters. The molecule has 1 aliphatic rings. The van der Waals surface area contributed by atoms with E-state index in [1.54, 1.807) is 6.07 Å². The number of aryl methyl sites for hydroxylation is 1. The lowest BCUT2D eigenvalue weighted by atomic mass is 9.90. The molecule has 2 rings (SSSR count). The van der Waals surface area contributed by atoms with Gasteiger partial charge in [0.15, 0.2) is 0 Å². The molecule has 4 heteroatoms. The van der Waals surface area contributed by atoms with Crippen molar-refractivity contribution in [1.29, 1.82) is 5.26 Å².